The lowest BCUT2D eigenvalue weighted by molar-refractivity contribution is -0.198. The van der Waals surface area contributed by atoms with E-state index in [2.05, 4.69) is 19.2 Å². The molecule has 0 aromatic rings. The number of piperidine rings is 1. The van der Waals surface area contributed by atoms with Crippen LogP contribution < -0.4 is 5.32 Å². The minimum Gasteiger partial charge on any atom is -0.316 e. The average Bonchev–Trinajstić information content (AvgIpc) is 2.28. The predicted octanol–water partition coefficient (Wildman–Crippen LogP) is 3.99. The van der Waals surface area contributed by atoms with E-state index in [0.717, 1.165) is 32.4 Å². The summed E-state index contributed by atoms with van der Waals surface area (Å²) in [4.78, 5) is 0. The van der Waals surface area contributed by atoms with E-state index in [4.69, 9.17) is 0 Å². The molecule has 1 saturated carbocycles. The Bertz CT molecular complexity index is 283. The number of halogens is 3. The molecule has 0 bridgehead atoms. The average molecular weight is 263 g/mol. The first kappa shape index (κ1) is 14.2. The van der Waals surface area contributed by atoms with Gasteiger partial charge in [0.2, 0.25) is 0 Å². The normalized spacial score (nSPS) is 38.3. The predicted molar refractivity (Wildman–Crippen MR) is 66.3 cm³/mol. The van der Waals surface area contributed by atoms with Crippen LogP contribution in [0.15, 0.2) is 0 Å². The van der Waals surface area contributed by atoms with E-state index in [1.807, 2.05) is 0 Å². The summed E-state index contributed by atoms with van der Waals surface area (Å²) in [7, 11) is 0. The highest BCUT2D eigenvalue weighted by molar-refractivity contribution is 4.97. The van der Waals surface area contributed by atoms with Crippen molar-refractivity contribution in [2.75, 3.05) is 13.1 Å². The lowest BCUT2D eigenvalue weighted by Crippen LogP contribution is -2.50. The molecule has 2 aliphatic rings. The summed E-state index contributed by atoms with van der Waals surface area (Å²) in [5.74, 6) is -0.202. The first-order valence-corrected chi connectivity index (χ1v) is 7.12. The summed E-state index contributed by atoms with van der Waals surface area (Å²) in [6, 6.07) is 0. The van der Waals surface area contributed by atoms with E-state index < -0.39 is 12.1 Å². The summed E-state index contributed by atoms with van der Waals surface area (Å²) in [5.41, 5.74) is -0.0577. The molecule has 2 rings (SSSR count). The van der Waals surface area contributed by atoms with Crippen molar-refractivity contribution >= 4 is 0 Å². The van der Waals surface area contributed by atoms with Crippen molar-refractivity contribution < 1.29 is 13.2 Å². The molecule has 1 spiro atoms. The van der Waals surface area contributed by atoms with E-state index in [1.165, 1.54) is 0 Å². The Morgan fingerprint density at radius 3 is 2.56 bits per heavy atom. The van der Waals surface area contributed by atoms with Crippen LogP contribution in [0.4, 0.5) is 13.2 Å². The quantitative estimate of drug-likeness (QED) is 0.754. The van der Waals surface area contributed by atoms with Crippen LogP contribution >= 0.6 is 0 Å². The Kier molecular flexibility index (Phi) is 3.96. The molecule has 18 heavy (non-hydrogen) atoms. The molecule has 1 aliphatic heterocycles. The van der Waals surface area contributed by atoms with E-state index in [-0.39, 0.29) is 5.41 Å². The smallest absolute Gasteiger partial charge is 0.316 e. The fourth-order valence-corrected chi connectivity index (χ4v) is 4.18. The zero-order valence-corrected chi connectivity index (χ0v) is 11.3. The molecule has 2 fully saturated rings. The molecule has 3 atom stereocenters. The maximum Gasteiger partial charge on any atom is 0.391 e. The topological polar surface area (TPSA) is 12.0 Å². The molecular formula is C14H24F3N. The van der Waals surface area contributed by atoms with Crippen LogP contribution in [0.3, 0.4) is 0 Å². The molecular weight excluding hydrogens is 239 g/mol. The van der Waals surface area contributed by atoms with Gasteiger partial charge in [-0.2, -0.15) is 13.2 Å². The molecule has 1 N–H and O–H groups in total. The van der Waals surface area contributed by atoms with E-state index in [1.54, 1.807) is 0 Å². The highest BCUT2D eigenvalue weighted by Gasteiger charge is 2.51. The molecule has 1 aliphatic carbocycles. The SMILES string of the molecule is CC(C)C1CNCCC12CCCC(C(F)(F)F)C2. The number of alkyl halides is 3. The second kappa shape index (κ2) is 5.03. The highest BCUT2D eigenvalue weighted by Crippen LogP contribution is 2.53. The van der Waals surface area contributed by atoms with Crippen LogP contribution in [-0.2, 0) is 0 Å². The molecule has 1 heterocycles. The van der Waals surface area contributed by atoms with Gasteiger partial charge in [0.1, 0.15) is 0 Å². The third-order valence-corrected chi connectivity index (χ3v) is 5.10. The standard InChI is InChI=1S/C14H24F3N/c1-10(2)12-9-18-7-6-13(12)5-3-4-11(8-13)14(15,16)17/h10-12,18H,3-9H2,1-2H3. The zero-order chi connectivity index (χ0) is 13.4. The van der Waals surface area contributed by atoms with Crippen LogP contribution in [0.5, 0.6) is 0 Å². The summed E-state index contributed by atoms with van der Waals surface area (Å²) in [5, 5.41) is 3.36. The van der Waals surface area contributed by atoms with E-state index in [0.29, 0.717) is 24.7 Å². The van der Waals surface area contributed by atoms with Crippen LogP contribution in [-0.4, -0.2) is 19.3 Å². The van der Waals surface area contributed by atoms with Crippen molar-refractivity contribution in [3.8, 4) is 0 Å². The number of hydrogen-bond donors (Lipinski definition) is 1. The third kappa shape index (κ3) is 2.68. The Hall–Kier alpha value is -0.250. The van der Waals surface area contributed by atoms with Gasteiger partial charge in [-0.25, -0.2) is 0 Å². The summed E-state index contributed by atoms with van der Waals surface area (Å²) in [6.45, 7) is 6.07. The molecule has 0 radical (unpaired) electrons. The van der Waals surface area contributed by atoms with Crippen LogP contribution in [0.2, 0.25) is 0 Å². The molecule has 4 heteroatoms. The van der Waals surface area contributed by atoms with Gasteiger partial charge in [0.15, 0.2) is 0 Å². The Balaban J connectivity index is 2.17. The maximum atomic E-state index is 13.0. The van der Waals surface area contributed by atoms with Gasteiger partial charge in [-0.3, -0.25) is 0 Å². The Morgan fingerprint density at radius 1 is 1.22 bits per heavy atom. The monoisotopic (exact) mass is 263 g/mol. The summed E-state index contributed by atoms with van der Waals surface area (Å²) in [6.07, 6.45) is -0.649. The van der Waals surface area contributed by atoms with Gasteiger partial charge < -0.3 is 5.32 Å². The first-order chi connectivity index (χ1) is 8.35. The first-order valence-electron chi connectivity index (χ1n) is 7.12. The summed E-state index contributed by atoms with van der Waals surface area (Å²) >= 11 is 0. The lowest BCUT2D eigenvalue weighted by atomic mass is 9.57. The fraction of sp³-hybridized carbons (Fsp3) is 1.00. The van der Waals surface area contributed by atoms with Crippen molar-refractivity contribution in [2.45, 2.75) is 52.1 Å². The van der Waals surface area contributed by atoms with Gasteiger partial charge >= 0.3 is 6.18 Å². The number of nitrogens with one attached hydrogen (secondary N) is 1. The van der Waals surface area contributed by atoms with E-state index in [9.17, 15) is 13.2 Å². The molecule has 1 nitrogen and oxygen atoms in total. The molecule has 3 unspecified atom stereocenters. The Morgan fingerprint density at radius 2 is 1.94 bits per heavy atom. The van der Waals surface area contributed by atoms with Crippen molar-refractivity contribution in [3.63, 3.8) is 0 Å². The van der Waals surface area contributed by atoms with Gasteiger partial charge in [0.25, 0.3) is 0 Å². The number of rotatable bonds is 1. The Labute approximate surface area is 108 Å². The molecule has 0 amide bonds. The van der Waals surface area contributed by atoms with Gasteiger partial charge in [-0.15, -0.1) is 0 Å². The summed E-state index contributed by atoms with van der Waals surface area (Å²) < 4.78 is 39.0. The highest BCUT2D eigenvalue weighted by atomic mass is 19.4. The van der Waals surface area contributed by atoms with Crippen molar-refractivity contribution in [2.24, 2.45) is 23.2 Å². The van der Waals surface area contributed by atoms with Gasteiger partial charge in [0.05, 0.1) is 5.92 Å². The van der Waals surface area contributed by atoms with Crippen LogP contribution in [0.25, 0.3) is 0 Å². The lowest BCUT2D eigenvalue weighted by Gasteiger charge is -2.51. The second-order valence-electron chi connectivity index (χ2n) is 6.50. The van der Waals surface area contributed by atoms with Gasteiger partial charge in [-0.1, -0.05) is 20.3 Å². The molecule has 0 aromatic heterocycles. The minimum absolute atomic E-state index is 0.0577. The van der Waals surface area contributed by atoms with Crippen molar-refractivity contribution in [1.29, 1.82) is 0 Å². The van der Waals surface area contributed by atoms with Crippen molar-refractivity contribution in [3.05, 3.63) is 0 Å². The van der Waals surface area contributed by atoms with Crippen molar-refractivity contribution in [1.82, 2.24) is 5.32 Å². The number of hydrogen-bond acceptors (Lipinski definition) is 1. The van der Waals surface area contributed by atoms with Crippen LogP contribution in [0.1, 0.15) is 46.0 Å². The molecule has 1 saturated heterocycles. The van der Waals surface area contributed by atoms with E-state index >= 15 is 0 Å². The molecule has 0 aromatic carbocycles. The second-order valence-corrected chi connectivity index (χ2v) is 6.50. The van der Waals surface area contributed by atoms with Gasteiger partial charge in [0, 0.05) is 0 Å². The minimum atomic E-state index is -4.00. The third-order valence-electron chi connectivity index (χ3n) is 5.10. The maximum absolute atomic E-state index is 13.0. The van der Waals surface area contributed by atoms with Crippen LogP contribution in [0, 0.1) is 23.2 Å². The largest absolute Gasteiger partial charge is 0.391 e. The van der Waals surface area contributed by atoms with Gasteiger partial charge in [-0.05, 0) is 56.0 Å². The zero-order valence-electron chi connectivity index (χ0n) is 11.3. The fourth-order valence-electron chi connectivity index (χ4n) is 4.18. The molecule has 106 valence electrons.